The van der Waals surface area contributed by atoms with Gasteiger partial charge in [-0.15, -0.1) is 0 Å². The lowest BCUT2D eigenvalue weighted by molar-refractivity contribution is -0.153. The number of aromatic amines is 2. The van der Waals surface area contributed by atoms with Crippen molar-refractivity contribution >= 4 is 110 Å². The van der Waals surface area contributed by atoms with Crippen LogP contribution in [-0.2, 0) is 83.5 Å². The molecule has 0 aliphatic carbocycles. The number of primary amides is 1. The number of nitrogens with two attached hydrogens (primary N) is 2. The molecule has 32 heteroatoms. The molecule has 5 heterocycles. The molecule has 9 rings (SSSR count). The number of carbonyl (C=O) groups excluding carboxylic acids is 10. The molecule has 2 bridgehead atoms. The van der Waals surface area contributed by atoms with Crippen LogP contribution in [0.4, 0.5) is 8.78 Å². The Hall–Kier alpha value is -9.63. The van der Waals surface area contributed by atoms with E-state index in [9.17, 15) is 43.4 Å². The molecule has 10 amide bonds. The Balaban J connectivity index is 1.08. The molecule has 552 valence electrons. The number of halogens is 2. The first-order valence-electron chi connectivity index (χ1n) is 34.1. The molecule has 18 N–H and O–H groups in total. The minimum Gasteiger partial charge on any atom is -0.508 e. The first kappa shape index (κ1) is 77.5. The third kappa shape index (κ3) is 20.6. The van der Waals surface area contributed by atoms with Crippen molar-refractivity contribution in [1.29, 1.82) is 0 Å². The number of carboxylic acid groups (broad SMARTS) is 1. The van der Waals surface area contributed by atoms with E-state index < -0.39 is 149 Å². The summed E-state index contributed by atoms with van der Waals surface area (Å²) in [7, 11) is 0. The van der Waals surface area contributed by atoms with Crippen molar-refractivity contribution in [3.63, 3.8) is 0 Å². The fraction of sp³-hybridized carbons (Fsp3) is 0.451. The number of nitrogens with one attached hydrogen (secondary N) is 12. The number of aliphatic carboxylic acids is 1. The van der Waals surface area contributed by atoms with Crippen LogP contribution in [0.2, 0.25) is 0 Å². The first-order chi connectivity index (χ1) is 49.2. The fourth-order valence-corrected chi connectivity index (χ4v) is 14.7. The monoisotopic (exact) mass is 1460 g/mol. The molecule has 9 atom stereocenters. The Kier molecular flexibility index (Phi) is 26.7. The fourth-order valence-electron chi connectivity index (χ4n) is 12.8. The number of hydrogen-bond acceptors (Lipinski definition) is 17. The molecule has 0 saturated carbocycles. The minimum atomic E-state index is -2.24. The lowest BCUT2D eigenvalue weighted by Crippen LogP contribution is -2.65. The number of carboxylic acids is 1. The van der Waals surface area contributed by atoms with Crippen LogP contribution in [0.1, 0.15) is 93.5 Å². The second kappa shape index (κ2) is 35.5. The normalized spacial score (nSPS) is 24.2. The number of aromatic nitrogens is 2. The zero-order valence-electron chi connectivity index (χ0n) is 57.4. The van der Waals surface area contributed by atoms with E-state index >= 15 is 28.4 Å². The van der Waals surface area contributed by atoms with Crippen molar-refractivity contribution in [3.8, 4) is 5.75 Å². The molecule has 2 fully saturated rings. The van der Waals surface area contributed by atoms with Gasteiger partial charge in [-0.25, -0.2) is 8.78 Å². The largest absolute Gasteiger partial charge is 0.508 e. The predicted molar refractivity (Wildman–Crippen MR) is 383 cm³/mol. The molecule has 3 aliphatic heterocycles. The third-order valence-electron chi connectivity index (χ3n) is 18.8. The van der Waals surface area contributed by atoms with E-state index in [-0.39, 0.29) is 80.7 Å². The van der Waals surface area contributed by atoms with Gasteiger partial charge < -0.3 is 89.7 Å². The number of hydrogen-bond donors (Lipinski definition) is 16. The summed E-state index contributed by atoms with van der Waals surface area (Å²) >= 11 is 2.80. The summed E-state index contributed by atoms with van der Waals surface area (Å²) in [5.41, 5.74) is 11.6. The maximum atomic E-state index is 15.4. The van der Waals surface area contributed by atoms with Crippen molar-refractivity contribution in [2.24, 2.45) is 16.9 Å². The van der Waals surface area contributed by atoms with E-state index in [0.29, 0.717) is 70.6 Å². The molecule has 0 spiro atoms. The number of phenolic OH excluding ortho intramolecular Hbond substituents is 1. The standard InChI is InChI=1S/C71H89F2N15O13S2/c1-70(2,69(100)101)60-66(97)84-55(30-46-33-76-38-80-46)64(95)85-56(25-39-11-15-47(89)16-12-39)67(98)88-22-7-20-71(88,3)68(99)86-57(61(75)92)37-103-36-41-9-6-8-40(24-41)35-102-23-19-58(90)81-52(10-4-5-21-74)62(93)79-34-59(91)82-53(26-42-31-77-50-17-13-44(72)28-48(42)50)63(94)83-54(65(96)87-60)27-43-32-78-51-18-14-45(73)29-49(43)51/h6,8-9,11-18,24,28-29,31-32,46,52-57,60,76-78,80,89H,4-5,7,10,19-23,25-27,30,33-38,74H2,1-3H3,(H2,75,92)(H,79,93)(H,81,90)(H,82,91)(H,83,94)(H,84,97)(H,85,95)(H,86,99)(H,87,96)(H,100,101)/t46?,52-,53-,54-,55-,56-,57-,60+,71-/m0/s1. The van der Waals surface area contributed by atoms with Gasteiger partial charge >= 0.3 is 5.97 Å². The highest BCUT2D eigenvalue weighted by Gasteiger charge is 2.50. The van der Waals surface area contributed by atoms with Gasteiger partial charge in [-0.05, 0) is 142 Å². The summed E-state index contributed by atoms with van der Waals surface area (Å²) in [6, 6.07) is 9.63. The van der Waals surface area contributed by atoms with Crippen LogP contribution in [0.5, 0.6) is 5.75 Å². The van der Waals surface area contributed by atoms with Crippen LogP contribution in [-0.4, -0.2) is 188 Å². The van der Waals surface area contributed by atoms with E-state index in [1.54, 1.807) is 0 Å². The molecule has 1 unspecified atom stereocenters. The number of phenols is 1. The highest BCUT2D eigenvalue weighted by Crippen LogP contribution is 2.32. The van der Waals surface area contributed by atoms with Gasteiger partial charge in [0.15, 0.2) is 0 Å². The Labute approximate surface area is 601 Å². The second-order valence-corrected chi connectivity index (χ2v) is 29.0. The summed E-state index contributed by atoms with van der Waals surface area (Å²) in [5.74, 6) is -10.5. The van der Waals surface area contributed by atoms with E-state index in [2.05, 4.69) is 63.1 Å². The average molecular weight is 1460 g/mol. The summed E-state index contributed by atoms with van der Waals surface area (Å²) in [6.45, 7) is 3.95. The van der Waals surface area contributed by atoms with E-state index in [1.165, 1.54) is 108 Å². The van der Waals surface area contributed by atoms with Gasteiger partial charge in [0, 0.05) is 109 Å². The van der Waals surface area contributed by atoms with Gasteiger partial charge in [-0.2, -0.15) is 23.5 Å². The van der Waals surface area contributed by atoms with Crippen molar-refractivity contribution in [2.75, 3.05) is 44.4 Å². The lowest BCUT2D eigenvalue weighted by atomic mass is 9.83. The quantitative estimate of drug-likeness (QED) is 0.0651. The number of unbranched alkanes of at least 4 members (excludes halogenated alkanes) is 1. The number of rotatable bonds is 15. The molecule has 2 saturated heterocycles. The van der Waals surface area contributed by atoms with Crippen LogP contribution in [0.15, 0.2) is 97.3 Å². The SMILES string of the molecule is CC(C)(C(=O)O)[C@@H]1NC(=O)[C@H](Cc2c[nH]c3ccc(F)cc23)NC(=O)[C@H](Cc2c[nH]c3ccc(F)cc23)NC(=O)CNC(=O)[C@H](CCCCN)NC(=O)CCSCc2cccc(c2)CSC[C@@H](C(N)=O)NC(=O)[C@]2(C)CCCN2C(=O)[C@H](Cc2ccc(O)cc2)NC(=O)[C@H](CC2CNCN2)NC1=O. The van der Waals surface area contributed by atoms with Crippen LogP contribution in [0.25, 0.3) is 21.8 Å². The highest BCUT2D eigenvalue weighted by atomic mass is 32.2. The summed E-state index contributed by atoms with van der Waals surface area (Å²) in [6.07, 6.45) is 3.21. The summed E-state index contributed by atoms with van der Waals surface area (Å²) < 4.78 is 30.0. The van der Waals surface area contributed by atoms with Gasteiger partial charge in [0.05, 0.1) is 12.0 Å². The van der Waals surface area contributed by atoms with Crippen molar-refractivity contribution < 1.29 is 71.7 Å². The van der Waals surface area contributed by atoms with Crippen LogP contribution < -0.4 is 64.6 Å². The average Bonchev–Trinajstić information content (AvgIpc) is 1.70. The lowest BCUT2D eigenvalue weighted by Gasteiger charge is -2.37. The zero-order chi connectivity index (χ0) is 74.1. The first-order valence-corrected chi connectivity index (χ1v) is 36.4. The molecule has 2 aromatic heterocycles. The molecular formula is C71H89F2N15O13S2. The topological polar surface area (TPSA) is 435 Å². The molecule has 4 aromatic carbocycles. The van der Waals surface area contributed by atoms with Gasteiger partial charge in [0.1, 0.15) is 65.2 Å². The molecule has 6 aromatic rings. The molecule has 3 aliphatic rings. The molecular weight excluding hydrogens is 1370 g/mol. The van der Waals surface area contributed by atoms with Crippen molar-refractivity contribution in [2.45, 2.75) is 150 Å². The van der Waals surface area contributed by atoms with Crippen LogP contribution >= 0.6 is 23.5 Å². The number of fused-ring (bicyclic) bond motifs is 5. The maximum absolute atomic E-state index is 15.4. The molecule has 103 heavy (non-hydrogen) atoms. The van der Waals surface area contributed by atoms with Gasteiger partial charge in [0.2, 0.25) is 59.1 Å². The molecule has 0 radical (unpaired) electrons. The van der Waals surface area contributed by atoms with Crippen molar-refractivity contribution in [3.05, 3.63) is 137 Å². The number of H-pyrrole nitrogens is 2. The summed E-state index contributed by atoms with van der Waals surface area (Å²) in [4.78, 5) is 167. The van der Waals surface area contributed by atoms with Gasteiger partial charge in [-0.1, -0.05) is 36.4 Å². The number of aromatic hydroxyl groups is 1. The second-order valence-electron chi connectivity index (χ2n) is 26.9. The number of nitrogens with zero attached hydrogens (tertiary/aromatic N) is 1. The van der Waals surface area contributed by atoms with Crippen molar-refractivity contribution in [1.82, 2.24) is 68.0 Å². The van der Waals surface area contributed by atoms with Crippen LogP contribution in [0, 0.1) is 17.0 Å². The van der Waals surface area contributed by atoms with Gasteiger partial charge in [-0.3, -0.25) is 52.7 Å². The Bertz CT molecular complexity index is 4100. The predicted octanol–water partition coefficient (Wildman–Crippen LogP) is 1.76. The summed E-state index contributed by atoms with van der Waals surface area (Å²) in [5, 5.41) is 49.4. The number of thioether (sulfide) groups is 2. The van der Waals surface area contributed by atoms with E-state index in [0.717, 1.165) is 25.0 Å². The Morgan fingerprint density at radius 2 is 1.28 bits per heavy atom. The zero-order valence-corrected chi connectivity index (χ0v) is 59.0. The highest BCUT2D eigenvalue weighted by molar-refractivity contribution is 7.98. The van der Waals surface area contributed by atoms with E-state index in [4.69, 9.17) is 11.5 Å². The van der Waals surface area contributed by atoms with E-state index in [1.807, 2.05) is 24.3 Å². The van der Waals surface area contributed by atoms with Crippen LogP contribution in [0.3, 0.4) is 0 Å². The minimum absolute atomic E-state index is 0.0102. The number of benzene rings is 4. The van der Waals surface area contributed by atoms with Gasteiger partial charge in [0.25, 0.3) is 0 Å². The maximum Gasteiger partial charge on any atom is 0.311 e. The third-order valence-corrected chi connectivity index (χ3v) is 21.0. The number of amides is 10. The Morgan fingerprint density at radius 3 is 1.90 bits per heavy atom. The smallest absolute Gasteiger partial charge is 0.311 e. The Morgan fingerprint density at radius 1 is 0.680 bits per heavy atom. The number of carbonyl (C=O) groups is 11. The molecule has 28 nitrogen and oxygen atoms in total.